The third kappa shape index (κ3) is 3.20. The minimum atomic E-state index is -0.186. The number of rotatable bonds is 4. The quantitative estimate of drug-likeness (QED) is 0.850. The van der Waals surface area contributed by atoms with Crippen LogP contribution in [0.3, 0.4) is 0 Å². The highest BCUT2D eigenvalue weighted by molar-refractivity contribution is 7.71. The zero-order valence-electron chi connectivity index (χ0n) is 12.7. The van der Waals surface area contributed by atoms with Crippen molar-refractivity contribution in [2.24, 2.45) is 0 Å². The summed E-state index contributed by atoms with van der Waals surface area (Å²) in [6, 6.07) is 6.73. The predicted molar refractivity (Wildman–Crippen MR) is 86.0 cm³/mol. The fraction of sp³-hybridized carbons (Fsp3) is 0.467. The third-order valence-corrected chi connectivity index (χ3v) is 4.62. The van der Waals surface area contributed by atoms with Gasteiger partial charge in [0.25, 0.3) is 0 Å². The van der Waals surface area contributed by atoms with E-state index in [-0.39, 0.29) is 5.82 Å². The second kappa shape index (κ2) is 6.58. The first kappa shape index (κ1) is 15.2. The van der Waals surface area contributed by atoms with E-state index in [1.165, 1.54) is 17.0 Å². The Morgan fingerprint density at radius 1 is 1.23 bits per heavy atom. The van der Waals surface area contributed by atoms with E-state index in [0.717, 1.165) is 49.9 Å². The molecular weight excluding hydrogens is 301 g/mol. The van der Waals surface area contributed by atoms with E-state index in [9.17, 15) is 4.39 Å². The standard InChI is InChI=1S/C15H20FN5S/c1-2-19-11-17-21(15(19)22)12-18-7-9-20(10-8-18)14-5-3-13(16)4-6-14/h3-6,11H,2,7-10,12H2,1H3/p+1. The highest BCUT2D eigenvalue weighted by Crippen LogP contribution is 2.14. The summed E-state index contributed by atoms with van der Waals surface area (Å²) in [7, 11) is 0. The Kier molecular flexibility index (Phi) is 4.54. The van der Waals surface area contributed by atoms with E-state index < -0.39 is 0 Å². The number of quaternary nitrogens is 1. The number of hydrogen-bond acceptors (Lipinski definition) is 3. The zero-order chi connectivity index (χ0) is 15.5. The second-order valence-corrected chi connectivity index (χ2v) is 5.94. The van der Waals surface area contributed by atoms with Gasteiger partial charge in [-0.05, 0) is 43.4 Å². The van der Waals surface area contributed by atoms with Crippen molar-refractivity contribution in [3.8, 4) is 0 Å². The molecular formula is C15H21FN5S+. The van der Waals surface area contributed by atoms with E-state index >= 15 is 0 Å². The maximum atomic E-state index is 13.0. The summed E-state index contributed by atoms with van der Waals surface area (Å²) in [5, 5.41) is 4.37. The lowest BCUT2D eigenvalue weighted by Gasteiger charge is -2.33. The molecule has 0 aliphatic carbocycles. The predicted octanol–water partition coefficient (Wildman–Crippen LogP) is 0.936. The largest absolute Gasteiger partial charge is 0.360 e. The minimum Gasteiger partial charge on any atom is -0.360 e. The van der Waals surface area contributed by atoms with Crippen molar-refractivity contribution < 1.29 is 9.29 Å². The van der Waals surface area contributed by atoms with Gasteiger partial charge < -0.3 is 14.4 Å². The minimum absolute atomic E-state index is 0.186. The van der Waals surface area contributed by atoms with E-state index in [1.54, 1.807) is 6.33 Å². The van der Waals surface area contributed by atoms with Crippen LogP contribution in [0.2, 0.25) is 0 Å². The summed E-state index contributed by atoms with van der Waals surface area (Å²) in [5.74, 6) is -0.186. The lowest BCUT2D eigenvalue weighted by Crippen LogP contribution is -3.14. The summed E-state index contributed by atoms with van der Waals surface area (Å²) in [6.45, 7) is 7.70. The molecule has 22 heavy (non-hydrogen) atoms. The van der Waals surface area contributed by atoms with Crippen LogP contribution in [0.1, 0.15) is 6.92 Å². The molecule has 118 valence electrons. The van der Waals surface area contributed by atoms with E-state index in [4.69, 9.17) is 12.2 Å². The summed E-state index contributed by atoms with van der Waals surface area (Å²) in [4.78, 5) is 3.77. The normalized spacial score (nSPS) is 16.2. The average Bonchev–Trinajstić information content (AvgIpc) is 2.89. The van der Waals surface area contributed by atoms with Crippen molar-refractivity contribution in [1.82, 2.24) is 14.3 Å². The van der Waals surface area contributed by atoms with E-state index in [1.807, 2.05) is 21.4 Å². The molecule has 1 N–H and O–H groups in total. The van der Waals surface area contributed by atoms with Gasteiger partial charge in [-0.1, -0.05) is 0 Å². The Bertz CT molecular complexity index is 670. The monoisotopic (exact) mass is 322 g/mol. The van der Waals surface area contributed by atoms with Gasteiger partial charge in [-0.3, -0.25) is 0 Å². The van der Waals surface area contributed by atoms with Gasteiger partial charge in [0.15, 0.2) is 6.67 Å². The molecule has 1 aliphatic rings. The van der Waals surface area contributed by atoms with Crippen molar-refractivity contribution >= 4 is 17.9 Å². The van der Waals surface area contributed by atoms with Gasteiger partial charge in [0.2, 0.25) is 4.77 Å². The highest BCUT2D eigenvalue weighted by Gasteiger charge is 2.21. The van der Waals surface area contributed by atoms with Gasteiger partial charge in [-0.25, -0.2) is 4.39 Å². The smallest absolute Gasteiger partial charge is 0.202 e. The average molecular weight is 322 g/mol. The van der Waals surface area contributed by atoms with Crippen molar-refractivity contribution in [3.63, 3.8) is 0 Å². The van der Waals surface area contributed by atoms with Crippen molar-refractivity contribution in [2.75, 3.05) is 31.1 Å². The van der Waals surface area contributed by atoms with Crippen LogP contribution in [0, 0.1) is 10.6 Å². The van der Waals surface area contributed by atoms with Crippen LogP contribution in [0.5, 0.6) is 0 Å². The number of halogens is 1. The van der Waals surface area contributed by atoms with Gasteiger partial charge in [0, 0.05) is 12.2 Å². The third-order valence-electron chi connectivity index (χ3n) is 4.17. The lowest BCUT2D eigenvalue weighted by molar-refractivity contribution is -0.924. The van der Waals surface area contributed by atoms with Gasteiger partial charge in [0.1, 0.15) is 12.1 Å². The number of anilines is 1. The van der Waals surface area contributed by atoms with Crippen LogP contribution in [-0.4, -0.2) is 40.5 Å². The molecule has 0 atom stereocenters. The van der Waals surface area contributed by atoms with E-state index in [0.29, 0.717) is 0 Å². The molecule has 1 aromatic heterocycles. The number of piperazine rings is 1. The van der Waals surface area contributed by atoms with Crippen molar-refractivity contribution in [2.45, 2.75) is 20.1 Å². The summed E-state index contributed by atoms with van der Waals surface area (Å²) >= 11 is 5.41. The molecule has 0 bridgehead atoms. The lowest BCUT2D eigenvalue weighted by atomic mass is 10.2. The molecule has 0 radical (unpaired) electrons. The first-order chi connectivity index (χ1) is 10.7. The topological polar surface area (TPSA) is 30.4 Å². The molecule has 1 aromatic carbocycles. The molecule has 0 spiro atoms. The summed E-state index contributed by atoms with van der Waals surface area (Å²) in [6.07, 6.45) is 1.80. The molecule has 1 fully saturated rings. The number of nitrogens with one attached hydrogen (secondary N) is 1. The molecule has 7 heteroatoms. The first-order valence-electron chi connectivity index (χ1n) is 7.63. The Labute approximate surface area is 134 Å². The molecule has 2 heterocycles. The number of aryl methyl sites for hydroxylation is 1. The molecule has 1 saturated heterocycles. The van der Waals surface area contributed by atoms with Crippen LogP contribution < -0.4 is 9.80 Å². The van der Waals surface area contributed by atoms with Crippen LogP contribution in [0.4, 0.5) is 10.1 Å². The van der Waals surface area contributed by atoms with Crippen molar-refractivity contribution in [1.29, 1.82) is 0 Å². The van der Waals surface area contributed by atoms with Gasteiger partial charge in [-0.2, -0.15) is 9.78 Å². The molecule has 0 saturated carbocycles. The summed E-state index contributed by atoms with van der Waals surface area (Å²) in [5.41, 5.74) is 1.09. The molecule has 0 unspecified atom stereocenters. The molecule has 0 amide bonds. The molecule has 1 aliphatic heterocycles. The highest BCUT2D eigenvalue weighted by atomic mass is 32.1. The van der Waals surface area contributed by atoms with Crippen LogP contribution in [0.15, 0.2) is 30.6 Å². The fourth-order valence-corrected chi connectivity index (χ4v) is 3.09. The maximum absolute atomic E-state index is 13.0. The zero-order valence-corrected chi connectivity index (χ0v) is 13.5. The molecule has 5 nitrogen and oxygen atoms in total. The van der Waals surface area contributed by atoms with Crippen LogP contribution in [0.25, 0.3) is 0 Å². The fourth-order valence-electron chi connectivity index (χ4n) is 2.80. The second-order valence-electron chi connectivity index (χ2n) is 5.57. The SMILES string of the molecule is CCn1cnn(C[NH+]2CCN(c3ccc(F)cc3)CC2)c1=S. The Balaban J connectivity index is 1.58. The molecule has 2 aromatic rings. The number of hydrogen-bond donors (Lipinski definition) is 1. The first-order valence-corrected chi connectivity index (χ1v) is 8.04. The maximum Gasteiger partial charge on any atom is 0.202 e. The number of aromatic nitrogens is 3. The number of nitrogens with zero attached hydrogens (tertiary/aromatic N) is 4. The van der Waals surface area contributed by atoms with E-state index in [2.05, 4.69) is 16.9 Å². The van der Waals surface area contributed by atoms with Crippen LogP contribution >= 0.6 is 12.2 Å². The van der Waals surface area contributed by atoms with Gasteiger partial charge in [-0.15, -0.1) is 0 Å². The molecule has 3 rings (SSSR count). The van der Waals surface area contributed by atoms with Gasteiger partial charge in [0.05, 0.1) is 26.2 Å². The van der Waals surface area contributed by atoms with Gasteiger partial charge >= 0.3 is 0 Å². The Hall–Kier alpha value is -1.73. The van der Waals surface area contributed by atoms with Crippen LogP contribution in [-0.2, 0) is 13.2 Å². The Morgan fingerprint density at radius 3 is 2.50 bits per heavy atom. The van der Waals surface area contributed by atoms with Crippen molar-refractivity contribution in [3.05, 3.63) is 41.2 Å². The number of benzene rings is 1. The summed E-state index contributed by atoms with van der Waals surface area (Å²) < 4.78 is 17.7. The Morgan fingerprint density at radius 2 is 1.91 bits per heavy atom.